The van der Waals surface area contributed by atoms with Gasteiger partial charge in [0.2, 0.25) is 0 Å². The average molecular weight is 389 g/mol. The van der Waals surface area contributed by atoms with Gasteiger partial charge < -0.3 is 14.8 Å². The van der Waals surface area contributed by atoms with Gasteiger partial charge >= 0.3 is 0 Å². The quantitative estimate of drug-likeness (QED) is 0.572. The summed E-state index contributed by atoms with van der Waals surface area (Å²) < 4.78 is 11.6. The lowest BCUT2D eigenvalue weighted by Gasteiger charge is -2.16. The second-order valence-electron chi connectivity index (χ2n) is 7.04. The first-order valence-corrected chi connectivity index (χ1v) is 9.81. The molecule has 0 aliphatic carbocycles. The van der Waals surface area contributed by atoms with Crippen LogP contribution in [-0.2, 0) is 29.3 Å². The van der Waals surface area contributed by atoms with Crippen molar-refractivity contribution in [3.63, 3.8) is 0 Å². The molecule has 0 heterocycles. The summed E-state index contributed by atoms with van der Waals surface area (Å²) in [6.45, 7) is 5.24. The van der Waals surface area contributed by atoms with E-state index in [1.165, 1.54) is 0 Å². The highest BCUT2D eigenvalue weighted by Gasteiger charge is 2.15. The van der Waals surface area contributed by atoms with Crippen LogP contribution in [0.25, 0.3) is 0 Å². The van der Waals surface area contributed by atoms with Crippen molar-refractivity contribution in [2.24, 2.45) is 0 Å². The molecule has 0 saturated heterocycles. The average Bonchev–Trinajstić information content (AvgIpc) is 2.73. The number of aryl methyl sites for hydroxylation is 1. The molecule has 0 aliphatic rings. The second-order valence-corrected chi connectivity index (χ2v) is 7.04. The number of carbonyl (C=O) groups excluding carboxylic acids is 1. The van der Waals surface area contributed by atoms with E-state index in [0.29, 0.717) is 25.5 Å². The Labute approximate surface area is 172 Å². The number of carbonyl (C=O) groups is 1. The lowest BCUT2D eigenvalue weighted by molar-refractivity contribution is -0.127. The number of amides is 1. The largest absolute Gasteiger partial charge is 0.481 e. The first kappa shape index (κ1) is 20.6. The van der Waals surface area contributed by atoms with E-state index in [-0.39, 0.29) is 5.91 Å². The maximum atomic E-state index is 12.4. The molecule has 0 saturated carbocycles. The van der Waals surface area contributed by atoms with Gasteiger partial charge in [-0.2, -0.15) is 0 Å². The topological polar surface area (TPSA) is 47.6 Å². The zero-order valence-corrected chi connectivity index (χ0v) is 16.9. The number of hydrogen-bond acceptors (Lipinski definition) is 3. The van der Waals surface area contributed by atoms with Gasteiger partial charge in [0.1, 0.15) is 5.75 Å². The Morgan fingerprint density at radius 1 is 0.897 bits per heavy atom. The van der Waals surface area contributed by atoms with Gasteiger partial charge in [-0.15, -0.1) is 0 Å². The molecule has 0 spiro atoms. The van der Waals surface area contributed by atoms with E-state index in [1.54, 1.807) is 6.92 Å². The fourth-order valence-corrected chi connectivity index (χ4v) is 3.00. The summed E-state index contributed by atoms with van der Waals surface area (Å²) in [5.41, 5.74) is 4.34. The predicted octanol–water partition coefficient (Wildman–Crippen LogP) is 4.80. The van der Waals surface area contributed by atoms with E-state index >= 15 is 0 Å². The predicted molar refractivity (Wildman–Crippen MR) is 114 cm³/mol. The molecule has 1 amide bonds. The third-order valence-electron chi connectivity index (χ3n) is 4.61. The molecule has 1 atom stereocenters. The molecule has 0 radical (unpaired) electrons. The SMILES string of the molecule is Cc1cccc(OC(C)C(=O)NCc2ccccc2COCc2ccccc2)c1. The molecule has 29 heavy (non-hydrogen) atoms. The van der Waals surface area contributed by atoms with E-state index in [9.17, 15) is 4.79 Å². The Kier molecular flexibility index (Phi) is 7.42. The minimum Gasteiger partial charge on any atom is -0.481 e. The first-order valence-electron chi connectivity index (χ1n) is 9.81. The van der Waals surface area contributed by atoms with Crippen molar-refractivity contribution in [3.8, 4) is 5.75 Å². The molecule has 3 aromatic carbocycles. The minimum absolute atomic E-state index is 0.147. The van der Waals surface area contributed by atoms with E-state index in [2.05, 4.69) is 5.32 Å². The summed E-state index contributed by atoms with van der Waals surface area (Å²) >= 11 is 0. The fraction of sp³-hybridized carbons (Fsp3) is 0.240. The van der Waals surface area contributed by atoms with Crippen LogP contribution in [0.15, 0.2) is 78.9 Å². The number of benzene rings is 3. The van der Waals surface area contributed by atoms with Gasteiger partial charge in [0, 0.05) is 6.54 Å². The minimum atomic E-state index is -0.571. The standard InChI is InChI=1S/C25H27NO3/c1-19-9-8-14-24(15-19)29-20(2)25(27)26-16-22-12-6-7-13-23(22)18-28-17-21-10-4-3-5-11-21/h3-15,20H,16-18H2,1-2H3,(H,26,27). The van der Waals surface area contributed by atoms with Gasteiger partial charge in [0.05, 0.1) is 13.2 Å². The van der Waals surface area contributed by atoms with Crippen LogP contribution in [0.4, 0.5) is 0 Å². The molecule has 4 heteroatoms. The van der Waals surface area contributed by atoms with Crippen LogP contribution in [0.2, 0.25) is 0 Å². The van der Waals surface area contributed by atoms with E-state index in [1.807, 2.05) is 85.8 Å². The molecule has 0 aliphatic heterocycles. The summed E-state index contributed by atoms with van der Waals surface area (Å²) in [6.07, 6.45) is -0.571. The summed E-state index contributed by atoms with van der Waals surface area (Å²) in [7, 11) is 0. The Hall–Kier alpha value is -3.11. The molecule has 0 aromatic heterocycles. The Morgan fingerprint density at radius 2 is 1.62 bits per heavy atom. The highest BCUT2D eigenvalue weighted by Crippen LogP contribution is 2.15. The van der Waals surface area contributed by atoms with Gasteiger partial charge in [-0.1, -0.05) is 66.7 Å². The van der Waals surface area contributed by atoms with Crippen LogP contribution in [0.5, 0.6) is 5.75 Å². The van der Waals surface area contributed by atoms with Crippen LogP contribution < -0.4 is 10.1 Å². The molecule has 0 fully saturated rings. The zero-order valence-electron chi connectivity index (χ0n) is 16.9. The van der Waals surface area contributed by atoms with Crippen LogP contribution in [0.3, 0.4) is 0 Å². The highest BCUT2D eigenvalue weighted by molar-refractivity contribution is 5.80. The number of nitrogens with one attached hydrogen (secondary N) is 1. The summed E-state index contributed by atoms with van der Waals surface area (Å²) in [5.74, 6) is 0.550. The van der Waals surface area contributed by atoms with Crippen LogP contribution in [-0.4, -0.2) is 12.0 Å². The Morgan fingerprint density at radius 3 is 2.38 bits per heavy atom. The second kappa shape index (κ2) is 10.4. The number of hydrogen-bond donors (Lipinski definition) is 1. The summed E-state index contributed by atoms with van der Waals surface area (Å²) in [5, 5.41) is 2.96. The molecule has 3 aromatic rings. The van der Waals surface area contributed by atoms with Gasteiger partial charge in [0.25, 0.3) is 5.91 Å². The summed E-state index contributed by atoms with van der Waals surface area (Å²) in [4.78, 5) is 12.4. The first-order chi connectivity index (χ1) is 14.1. The van der Waals surface area contributed by atoms with Gasteiger partial charge in [-0.25, -0.2) is 0 Å². The zero-order chi connectivity index (χ0) is 20.5. The van der Waals surface area contributed by atoms with E-state index in [4.69, 9.17) is 9.47 Å². The van der Waals surface area contributed by atoms with Gasteiger partial charge in [-0.3, -0.25) is 4.79 Å². The Balaban J connectivity index is 1.51. The lowest BCUT2D eigenvalue weighted by Crippen LogP contribution is -2.36. The van der Waals surface area contributed by atoms with Crippen molar-refractivity contribution in [3.05, 3.63) is 101 Å². The highest BCUT2D eigenvalue weighted by atomic mass is 16.5. The molecule has 1 unspecified atom stereocenters. The van der Waals surface area contributed by atoms with Crippen molar-refractivity contribution < 1.29 is 14.3 Å². The number of ether oxygens (including phenoxy) is 2. The van der Waals surface area contributed by atoms with Crippen molar-refractivity contribution >= 4 is 5.91 Å². The molecule has 0 bridgehead atoms. The Bertz CT molecular complexity index is 924. The van der Waals surface area contributed by atoms with E-state index in [0.717, 1.165) is 22.3 Å². The van der Waals surface area contributed by atoms with Crippen LogP contribution in [0, 0.1) is 6.92 Å². The van der Waals surface area contributed by atoms with Crippen molar-refractivity contribution in [1.29, 1.82) is 0 Å². The normalized spacial score (nSPS) is 11.7. The molecule has 4 nitrogen and oxygen atoms in total. The maximum absolute atomic E-state index is 12.4. The molecule has 150 valence electrons. The number of rotatable bonds is 9. The lowest BCUT2D eigenvalue weighted by atomic mass is 10.1. The van der Waals surface area contributed by atoms with Crippen LogP contribution in [0.1, 0.15) is 29.2 Å². The smallest absolute Gasteiger partial charge is 0.261 e. The molecular weight excluding hydrogens is 362 g/mol. The van der Waals surface area contributed by atoms with Crippen molar-refractivity contribution in [2.45, 2.75) is 39.7 Å². The molecular formula is C25H27NO3. The third kappa shape index (κ3) is 6.47. The van der Waals surface area contributed by atoms with E-state index < -0.39 is 6.10 Å². The summed E-state index contributed by atoms with van der Waals surface area (Å²) in [6, 6.07) is 25.8. The third-order valence-corrected chi connectivity index (χ3v) is 4.61. The van der Waals surface area contributed by atoms with Crippen LogP contribution >= 0.6 is 0 Å². The van der Waals surface area contributed by atoms with Gasteiger partial charge in [0.15, 0.2) is 6.10 Å². The maximum Gasteiger partial charge on any atom is 0.261 e. The van der Waals surface area contributed by atoms with Crippen molar-refractivity contribution in [1.82, 2.24) is 5.32 Å². The fourth-order valence-electron chi connectivity index (χ4n) is 3.00. The monoisotopic (exact) mass is 389 g/mol. The van der Waals surface area contributed by atoms with Gasteiger partial charge in [-0.05, 0) is 48.2 Å². The molecule has 3 rings (SSSR count). The molecule has 1 N–H and O–H groups in total. The van der Waals surface area contributed by atoms with Crippen molar-refractivity contribution in [2.75, 3.05) is 0 Å².